The molecular formula is C29H28BrF2N5O2. The molecule has 5 rings (SSSR count). The summed E-state index contributed by atoms with van der Waals surface area (Å²) in [6, 6.07) is 22.3. The number of halogens is 3. The summed E-state index contributed by atoms with van der Waals surface area (Å²) < 4.78 is 35.2. The number of anilines is 1. The highest BCUT2D eigenvalue weighted by molar-refractivity contribution is 9.10. The topological polar surface area (TPSA) is 71.4 Å². The number of rotatable bonds is 8. The zero-order valence-corrected chi connectivity index (χ0v) is 22.9. The van der Waals surface area contributed by atoms with Crippen LogP contribution in [0.2, 0.25) is 0 Å². The lowest BCUT2D eigenvalue weighted by atomic mass is 9.94. The maximum atomic E-state index is 14.1. The Labute approximate surface area is 233 Å². The fourth-order valence-electron chi connectivity index (χ4n) is 4.87. The lowest BCUT2D eigenvalue weighted by Crippen LogP contribution is -2.42. The Morgan fingerprint density at radius 1 is 1.03 bits per heavy atom. The Hall–Kier alpha value is -3.60. The van der Waals surface area contributed by atoms with Crippen LogP contribution < -0.4 is 10.6 Å². The van der Waals surface area contributed by atoms with Crippen LogP contribution in [0, 0.1) is 11.6 Å². The average Bonchev–Trinajstić information content (AvgIpc) is 3.50. The molecule has 2 unspecified atom stereocenters. The Morgan fingerprint density at radius 2 is 1.74 bits per heavy atom. The summed E-state index contributed by atoms with van der Waals surface area (Å²) in [5, 5.41) is 10.8. The van der Waals surface area contributed by atoms with Crippen molar-refractivity contribution in [3.8, 4) is 16.9 Å². The van der Waals surface area contributed by atoms with Gasteiger partial charge < -0.3 is 10.1 Å². The van der Waals surface area contributed by atoms with Gasteiger partial charge in [-0.05, 0) is 45.8 Å². The normalized spacial score (nSPS) is 17.3. The monoisotopic (exact) mass is 595 g/mol. The summed E-state index contributed by atoms with van der Waals surface area (Å²) in [5.74, 6) is -1.57. The van der Waals surface area contributed by atoms with Gasteiger partial charge in [0.05, 0.1) is 22.8 Å². The number of likely N-dealkylation sites (tertiary alicyclic amines) is 1. The predicted molar refractivity (Wildman–Crippen MR) is 150 cm³/mol. The number of ether oxygens (including phenoxy) is 1. The zero-order valence-electron chi connectivity index (χ0n) is 21.3. The molecule has 2 heterocycles. The molecule has 7 nitrogen and oxygen atoms in total. The molecule has 1 saturated heterocycles. The van der Waals surface area contributed by atoms with Crippen LogP contribution in [0.4, 0.5) is 19.4 Å². The number of hydrogen-bond acceptors (Lipinski definition) is 4. The van der Waals surface area contributed by atoms with Crippen molar-refractivity contribution in [2.45, 2.75) is 12.0 Å². The lowest BCUT2D eigenvalue weighted by Gasteiger charge is -2.21. The summed E-state index contributed by atoms with van der Waals surface area (Å²) in [5.41, 5.74) is 2.98. The molecule has 1 aliphatic rings. The molecule has 1 aliphatic heterocycles. The summed E-state index contributed by atoms with van der Waals surface area (Å²) in [6.07, 6.45) is 0. The molecule has 0 radical (unpaired) electrons. The molecule has 0 aliphatic carbocycles. The summed E-state index contributed by atoms with van der Waals surface area (Å²) in [7, 11) is 1.63. The van der Waals surface area contributed by atoms with Gasteiger partial charge in [-0.1, -0.05) is 54.6 Å². The molecule has 3 aromatic carbocycles. The molecule has 0 spiro atoms. The molecule has 4 aromatic rings. The van der Waals surface area contributed by atoms with Crippen LogP contribution in [-0.2, 0) is 4.74 Å². The number of nitrogens with one attached hydrogen (secondary N) is 2. The largest absolute Gasteiger partial charge is 0.383 e. The number of urea groups is 1. The number of hydrogen-bond donors (Lipinski definition) is 2. The van der Waals surface area contributed by atoms with Gasteiger partial charge in [0.15, 0.2) is 17.5 Å². The molecule has 39 heavy (non-hydrogen) atoms. The second-order valence-corrected chi connectivity index (χ2v) is 10.2. The molecule has 10 heteroatoms. The van der Waals surface area contributed by atoms with E-state index in [4.69, 9.17) is 9.84 Å². The van der Waals surface area contributed by atoms with Gasteiger partial charge in [0.2, 0.25) is 0 Å². The van der Waals surface area contributed by atoms with Crippen LogP contribution in [0.1, 0.15) is 11.5 Å². The van der Waals surface area contributed by atoms with E-state index in [1.807, 2.05) is 60.7 Å². The quantitative estimate of drug-likeness (QED) is 0.269. The minimum atomic E-state index is -0.907. The van der Waals surface area contributed by atoms with Crippen molar-refractivity contribution in [1.82, 2.24) is 20.0 Å². The van der Waals surface area contributed by atoms with Crippen LogP contribution in [0.5, 0.6) is 0 Å². The minimum absolute atomic E-state index is 0.231. The van der Waals surface area contributed by atoms with Crippen LogP contribution in [-0.4, -0.2) is 60.1 Å². The summed E-state index contributed by atoms with van der Waals surface area (Å²) >= 11 is 3.65. The van der Waals surface area contributed by atoms with E-state index in [-0.39, 0.29) is 12.0 Å². The maximum Gasteiger partial charge on any atom is 0.320 e. The van der Waals surface area contributed by atoms with Crippen molar-refractivity contribution >= 4 is 27.8 Å². The van der Waals surface area contributed by atoms with E-state index in [1.54, 1.807) is 17.9 Å². The highest BCUT2D eigenvalue weighted by Crippen LogP contribution is 2.36. The van der Waals surface area contributed by atoms with Gasteiger partial charge in [0, 0.05) is 38.2 Å². The first kappa shape index (κ1) is 27.0. The first-order valence-corrected chi connectivity index (χ1v) is 13.4. The number of methoxy groups -OCH3 is 1. The highest BCUT2D eigenvalue weighted by atomic mass is 79.9. The van der Waals surface area contributed by atoms with Gasteiger partial charge in [-0.25, -0.2) is 18.3 Å². The fourth-order valence-corrected chi connectivity index (χ4v) is 5.45. The Morgan fingerprint density at radius 3 is 2.44 bits per heavy atom. The fraction of sp³-hybridized carbons (Fsp3) is 0.241. The molecule has 2 N–H and O–H groups in total. The van der Waals surface area contributed by atoms with E-state index >= 15 is 0 Å². The number of para-hydroxylation sites is 1. The number of carbonyl (C=O) groups is 1. The zero-order chi connectivity index (χ0) is 27.4. The first-order valence-electron chi connectivity index (χ1n) is 12.6. The van der Waals surface area contributed by atoms with Gasteiger partial charge >= 0.3 is 6.03 Å². The van der Waals surface area contributed by atoms with E-state index in [9.17, 15) is 13.6 Å². The highest BCUT2D eigenvalue weighted by Gasteiger charge is 2.35. The summed E-state index contributed by atoms with van der Waals surface area (Å²) in [6.45, 7) is 2.29. The number of amides is 2. The van der Waals surface area contributed by atoms with Gasteiger partial charge in [-0.15, -0.1) is 0 Å². The Balaban J connectivity index is 1.42. The van der Waals surface area contributed by atoms with Crippen LogP contribution in [0.15, 0.2) is 83.3 Å². The molecule has 1 fully saturated rings. The molecule has 0 saturated carbocycles. The Bertz CT molecular complexity index is 1430. The molecule has 202 valence electrons. The maximum absolute atomic E-state index is 14.1. The van der Waals surface area contributed by atoms with Gasteiger partial charge in [0.1, 0.15) is 5.69 Å². The van der Waals surface area contributed by atoms with Crippen LogP contribution >= 0.6 is 15.9 Å². The van der Waals surface area contributed by atoms with E-state index in [1.165, 1.54) is 6.07 Å². The van der Waals surface area contributed by atoms with Crippen molar-refractivity contribution in [3.05, 3.63) is 101 Å². The average molecular weight is 596 g/mol. The minimum Gasteiger partial charge on any atom is -0.383 e. The smallest absolute Gasteiger partial charge is 0.320 e. The van der Waals surface area contributed by atoms with Crippen molar-refractivity contribution in [3.63, 3.8) is 0 Å². The molecule has 0 bridgehead atoms. The third-order valence-electron chi connectivity index (χ3n) is 6.80. The van der Waals surface area contributed by atoms with Crippen molar-refractivity contribution in [2.24, 2.45) is 0 Å². The van der Waals surface area contributed by atoms with Gasteiger partial charge in [-0.3, -0.25) is 10.2 Å². The number of nitrogens with zero attached hydrogens (tertiary/aromatic N) is 3. The molecular weight excluding hydrogens is 568 g/mol. The molecule has 1 aromatic heterocycles. The van der Waals surface area contributed by atoms with E-state index < -0.39 is 17.7 Å². The van der Waals surface area contributed by atoms with Crippen LogP contribution in [0.25, 0.3) is 16.9 Å². The van der Waals surface area contributed by atoms with Crippen molar-refractivity contribution in [1.29, 1.82) is 0 Å². The van der Waals surface area contributed by atoms with Gasteiger partial charge in [0.25, 0.3) is 0 Å². The van der Waals surface area contributed by atoms with Crippen molar-refractivity contribution in [2.75, 3.05) is 38.7 Å². The second kappa shape index (κ2) is 12.1. The predicted octanol–water partition coefficient (Wildman–Crippen LogP) is 5.82. The van der Waals surface area contributed by atoms with Crippen LogP contribution in [0.3, 0.4) is 0 Å². The van der Waals surface area contributed by atoms with Crippen molar-refractivity contribution < 1.29 is 18.3 Å². The first-order chi connectivity index (χ1) is 18.9. The standard InChI is InChI=1S/C29H28BrF2N5O2/c1-39-15-14-36-17-22(20-12-13-23(31)24(32)16-20)25(18-36)33-29(38)34-28-26(30)27(19-8-4-2-5-9-19)35-37(28)21-10-6-3-7-11-21/h2-13,16,22,25H,14-15,17-18H2,1H3,(H2,33,34,38). The van der Waals surface area contributed by atoms with E-state index in [0.717, 1.165) is 17.3 Å². The lowest BCUT2D eigenvalue weighted by molar-refractivity contribution is 0.159. The van der Waals surface area contributed by atoms with Gasteiger partial charge in [-0.2, -0.15) is 5.10 Å². The van der Waals surface area contributed by atoms with E-state index in [2.05, 4.69) is 31.5 Å². The molecule has 2 amide bonds. The number of benzene rings is 3. The third-order valence-corrected chi connectivity index (χ3v) is 7.55. The SMILES string of the molecule is COCCN1CC(NC(=O)Nc2c(Br)c(-c3ccccc3)nn2-c2ccccc2)C(c2ccc(F)c(F)c2)C1. The number of aromatic nitrogens is 2. The Kier molecular flexibility index (Phi) is 8.35. The number of carbonyl (C=O) groups excluding carboxylic acids is 1. The van der Waals surface area contributed by atoms with E-state index in [0.29, 0.717) is 47.8 Å². The third kappa shape index (κ3) is 6.03. The molecule has 2 atom stereocenters. The summed E-state index contributed by atoms with van der Waals surface area (Å²) in [4.78, 5) is 15.5. The second-order valence-electron chi connectivity index (χ2n) is 9.36.